The van der Waals surface area contributed by atoms with Crippen molar-refractivity contribution in [1.29, 1.82) is 0 Å². The Hall–Kier alpha value is -1.14. The van der Waals surface area contributed by atoms with Gasteiger partial charge in [-0.25, -0.2) is 0 Å². The maximum atomic E-state index is 12.3. The quantitative estimate of drug-likeness (QED) is 0.405. The van der Waals surface area contributed by atoms with Crippen molar-refractivity contribution in [2.45, 2.75) is 84.2 Å². The zero-order valence-corrected chi connectivity index (χ0v) is 16.7. The van der Waals surface area contributed by atoms with Gasteiger partial charge < -0.3 is 19.9 Å². The molecular weight excluding hydrogens is 334 g/mol. The van der Waals surface area contributed by atoms with Gasteiger partial charge in [-0.2, -0.15) is 0 Å². The van der Waals surface area contributed by atoms with Crippen LogP contribution >= 0.6 is 0 Å². The summed E-state index contributed by atoms with van der Waals surface area (Å²) in [6, 6.07) is -0.528. The lowest BCUT2D eigenvalue weighted by Crippen LogP contribution is -2.44. The largest absolute Gasteiger partial charge is 0.465 e. The van der Waals surface area contributed by atoms with Crippen LogP contribution in [0.3, 0.4) is 0 Å². The molecule has 1 fully saturated rings. The van der Waals surface area contributed by atoms with E-state index in [9.17, 15) is 14.7 Å². The van der Waals surface area contributed by atoms with Crippen molar-refractivity contribution in [3.63, 3.8) is 0 Å². The van der Waals surface area contributed by atoms with Gasteiger partial charge in [-0.05, 0) is 57.3 Å². The molecule has 1 aliphatic rings. The van der Waals surface area contributed by atoms with Crippen molar-refractivity contribution in [3.05, 3.63) is 0 Å². The highest BCUT2D eigenvalue weighted by molar-refractivity contribution is 5.82. The molecule has 0 amide bonds. The molecule has 6 heteroatoms. The SMILES string of the molecule is CCCCOC(=O)C(CC(=O)OCC1CCC(CO)CC1)NC(C)CC. The average molecular weight is 372 g/mol. The van der Waals surface area contributed by atoms with E-state index in [-0.39, 0.29) is 31.0 Å². The van der Waals surface area contributed by atoms with Crippen molar-refractivity contribution >= 4 is 11.9 Å². The molecule has 0 bridgehead atoms. The van der Waals surface area contributed by atoms with Gasteiger partial charge in [-0.3, -0.25) is 9.59 Å². The number of aliphatic hydroxyl groups excluding tert-OH is 1. The Morgan fingerprint density at radius 1 is 1.12 bits per heavy atom. The van der Waals surface area contributed by atoms with Gasteiger partial charge in [0.2, 0.25) is 0 Å². The van der Waals surface area contributed by atoms with E-state index in [1.54, 1.807) is 0 Å². The first-order valence-corrected chi connectivity index (χ1v) is 10.2. The van der Waals surface area contributed by atoms with Crippen molar-refractivity contribution in [3.8, 4) is 0 Å². The molecule has 0 saturated heterocycles. The molecule has 0 heterocycles. The Kier molecular flexibility index (Phi) is 11.5. The number of ether oxygens (including phenoxy) is 2. The number of esters is 2. The maximum absolute atomic E-state index is 12.3. The van der Waals surface area contributed by atoms with Crippen molar-refractivity contribution in [2.24, 2.45) is 11.8 Å². The van der Waals surface area contributed by atoms with Gasteiger partial charge in [-0.1, -0.05) is 20.3 Å². The summed E-state index contributed by atoms with van der Waals surface area (Å²) in [4.78, 5) is 24.5. The predicted octanol–water partition coefficient (Wildman–Crippen LogP) is 2.82. The molecule has 1 rings (SSSR count). The standard InChI is InChI=1S/C20H37NO5/c1-4-6-11-25-20(24)18(21-15(3)5-2)12-19(23)26-14-17-9-7-16(13-22)8-10-17/h15-18,21-22H,4-14H2,1-3H3. The second-order valence-corrected chi connectivity index (χ2v) is 7.51. The minimum absolute atomic E-state index is 0.00127. The van der Waals surface area contributed by atoms with Crippen molar-refractivity contribution in [1.82, 2.24) is 5.32 Å². The average Bonchev–Trinajstić information content (AvgIpc) is 2.66. The van der Waals surface area contributed by atoms with E-state index in [1.165, 1.54) is 0 Å². The second-order valence-electron chi connectivity index (χ2n) is 7.51. The number of nitrogens with one attached hydrogen (secondary N) is 1. The summed E-state index contributed by atoms with van der Waals surface area (Å²) >= 11 is 0. The fourth-order valence-corrected chi connectivity index (χ4v) is 3.11. The van der Waals surface area contributed by atoms with E-state index >= 15 is 0 Å². The van der Waals surface area contributed by atoms with Gasteiger partial charge in [0.1, 0.15) is 6.04 Å². The number of carbonyl (C=O) groups is 2. The zero-order chi connectivity index (χ0) is 19.4. The number of hydrogen-bond donors (Lipinski definition) is 2. The van der Waals surface area contributed by atoms with E-state index in [4.69, 9.17) is 9.47 Å². The van der Waals surface area contributed by atoms with Crippen LogP contribution in [0.1, 0.15) is 72.1 Å². The molecule has 2 N–H and O–H groups in total. The first-order valence-electron chi connectivity index (χ1n) is 10.2. The fraction of sp³-hybridized carbons (Fsp3) is 0.900. The molecule has 0 aromatic heterocycles. The molecular formula is C20H37NO5. The van der Waals surface area contributed by atoms with Crippen LogP contribution in [0, 0.1) is 11.8 Å². The second kappa shape index (κ2) is 13.1. The first kappa shape index (κ1) is 22.9. The third-order valence-corrected chi connectivity index (χ3v) is 5.20. The molecule has 0 aliphatic heterocycles. The lowest BCUT2D eigenvalue weighted by Gasteiger charge is -2.27. The van der Waals surface area contributed by atoms with Gasteiger partial charge in [0.05, 0.1) is 19.6 Å². The molecule has 152 valence electrons. The summed E-state index contributed by atoms with van der Waals surface area (Å²) in [6.45, 7) is 7.08. The van der Waals surface area contributed by atoms with Crippen LogP contribution in [0.15, 0.2) is 0 Å². The van der Waals surface area contributed by atoms with Gasteiger partial charge in [-0.15, -0.1) is 0 Å². The third kappa shape index (κ3) is 8.99. The Morgan fingerprint density at radius 3 is 2.35 bits per heavy atom. The lowest BCUT2D eigenvalue weighted by atomic mass is 9.83. The molecule has 0 aromatic carbocycles. The highest BCUT2D eigenvalue weighted by Crippen LogP contribution is 2.28. The smallest absolute Gasteiger partial charge is 0.323 e. The minimum Gasteiger partial charge on any atom is -0.465 e. The molecule has 0 aromatic rings. The lowest BCUT2D eigenvalue weighted by molar-refractivity contribution is -0.154. The van der Waals surface area contributed by atoms with Gasteiger partial charge >= 0.3 is 11.9 Å². The number of aliphatic hydroxyl groups is 1. The highest BCUT2D eigenvalue weighted by Gasteiger charge is 2.27. The monoisotopic (exact) mass is 371 g/mol. The summed E-state index contributed by atoms with van der Waals surface area (Å²) in [5.41, 5.74) is 0. The number of carbonyl (C=O) groups excluding carboxylic acids is 2. The van der Waals surface area contributed by atoms with Gasteiger partial charge in [0, 0.05) is 12.6 Å². The Morgan fingerprint density at radius 2 is 1.77 bits per heavy atom. The van der Waals surface area contributed by atoms with E-state index < -0.39 is 6.04 Å². The Balaban J connectivity index is 2.41. The van der Waals surface area contributed by atoms with Gasteiger partial charge in [0.15, 0.2) is 0 Å². The van der Waals surface area contributed by atoms with Crippen LogP contribution < -0.4 is 5.32 Å². The molecule has 26 heavy (non-hydrogen) atoms. The molecule has 6 nitrogen and oxygen atoms in total. The van der Waals surface area contributed by atoms with Crippen LogP contribution in [0.5, 0.6) is 0 Å². The Bertz CT molecular complexity index is 407. The van der Waals surface area contributed by atoms with Crippen LogP contribution in [0.2, 0.25) is 0 Å². The predicted molar refractivity (Wildman–Crippen MR) is 101 cm³/mol. The zero-order valence-electron chi connectivity index (χ0n) is 16.7. The van der Waals surface area contributed by atoms with Crippen LogP contribution in [0.4, 0.5) is 0 Å². The number of hydrogen-bond acceptors (Lipinski definition) is 6. The summed E-state index contributed by atoms with van der Waals surface area (Å²) in [6.07, 6.45) is 6.57. The van der Waals surface area contributed by atoms with E-state index in [0.717, 1.165) is 44.9 Å². The molecule has 0 spiro atoms. The molecule has 1 aliphatic carbocycles. The number of rotatable bonds is 12. The summed E-state index contributed by atoms with van der Waals surface area (Å²) in [7, 11) is 0. The van der Waals surface area contributed by atoms with E-state index in [2.05, 4.69) is 5.32 Å². The van der Waals surface area contributed by atoms with Crippen LogP contribution in [0.25, 0.3) is 0 Å². The normalized spacial score (nSPS) is 22.5. The number of unbranched alkanes of at least 4 members (excludes halogenated alkanes) is 1. The third-order valence-electron chi connectivity index (χ3n) is 5.20. The maximum Gasteiger partial charge on any atom is 0.323 e. The highest BCUT2D eigenvalue weighted by atomic mass is 16.5. The topological polar surface area (TPSA) is 84.9 Å². The van der Waals surface area contributed by atoms with Crippen molar-refractivity contribution in [2.75, 3.05) is 19.8 Å². The summed E-state index contributed by atoms with van der Waals surface area (Å²) in [5, 5.41) is 12.4. The van der Waals surface area contributed by atoms with Gasteiger partial charge in [0.25, 0.3) is 0 Å². The van der Waals surface area contributed by atoms with E-state index in [1.807, 2.05) is 20.8 Å². The molecule has 1 saturated carbocycles. The van der Waals surface area contributed by atoms with E-state index in [0.29, 0.717) is 25.0 Å². The molecule has 0 radical (unpaired) electrons. The summed E-state index contributed by atoms with van der Waals surface area (Å²) in [5.74, 6) is 0.0184. The van der Waals surface area contributed by atoms with Crippen LogP contribution in [-0.4, -0.2) is 48.9 Å². The first-order chi connectivity index (χ1) is 12.5. The minimum atomic E-state index is -0.653. The fourth-order valence-electron chi connectivity index (χ4n) is 3.11. The Labute approximate surface area is 158 Å². The summed E-state index contributed by atoms with van der Waals surface area (Å²) < 4.78 is 10.7. The van der Waals surface area contributed by atoms with Crippen LogP contribution in [-0.2, 0) is 19.1 Å². The molecule has 2 unspecified atom stereocenters. The van der Waals surface area contributed by atoms with Crippen molar-refractivity contribution < 1.29 is 24.2 Å². The molecule has 2 atom stereocenters.